The number of rotatable bonds is 3. The van der Waals surface area contributed by atoms with Crippen LogP contribution in [0.15, 0.2) is 35.2 Å². The van der Waals surface area contributed by atoms with Crippen molar-refractivity contribution in [2.75, 3.05) is 14.2 Å². The second kappa shape index (κ2) is 11.6. The van der Waals surface area contributed by atoms with Gasteiger partial charge in [0.2, 0.25) is 0 Å². The molecule has 0 aliphatic rings. The van der Waals surface area contributed by atoms with Gasteiger partial charge < -0.3 is 9.47 Å². The number of benzene rings is 2. The van der Waals surface area contributed by atoms with Gasteiger partial charge in [0.05, 0.1) is 19.1 Å². The fourth-order valence-corrected chi connectivity index (χ4v) is 4.08. The molecule has 2 aromatic rings. The van der Waals surface area contributed by atoms with Gasteiger partial charge in [-0.3, -0.25) is 4.55 Å². The SMILES string of the molecule is COc1cc(C)c(S(=O)(=O)Cl)c(C)c1.COc1cc(C)cc(C)c1.O=S(=O)(O)Cl. The first-order chi connectivity index (χ1) is 13.1. The van der Waals surface area contributed by atoms with E-state index in [1.807, 2.05) is 12.1 Å². The normalized spacial score (nSPS) is 10.8. The molecule has 0 saturated carbocycles. The van der Waals surface area contributed by atoms with E-state index in [4.69, 9.17) is 33.1 Å². The maximum Gasteiger partial charge on any atom is 0.353 e. The van der Waals surface area contributed by atoms with Gasteiger partial charge in [0.25, 0.3) is 9.05 Å². The highest BCUT2D eigenvalue weighted by Gasteiger charge is 2.17. The molecule has 7 nitrogen and oxygen atoms in total. The van der Waals surface area contributed by atoms with E-state index >= 15 is 0 Å². The van der Waals surface area contributed by atoms with Crippen molar-refractivity contribution in [2.45, 2.75) is 32.6 Å². The third kappa shape index (κ3) is 11.9. The molecule has 0 unspecified atom stereocenters. The zero-order chi connectivity index (χ0) is 23.0. The Morgan fingerprint density at radius 3 is 1.31 bits per heavy atom. The van der Waals surface area contributed by atoms with E-state index in [9.17, 15) is 8.42 Å². The van der Waals surface area contributed by atoms with Gasteiger partial charge in [-0.05, 0) is 74.2 Å². The lowest BCUT2D eigenvalue weighted by molar-refractivity contribution is 0.413. The van der Waals surface area contributed by atoms with Crippen molar-refractivity contribution in [1.29, 1.82) is 0 Å². The summed E-state index contributed by atoms with van der Waals surface area (Å²) in [6.45, 7) is 7.50. The van der Waals surface area contributed by atoms with Crippen molar-refractivity contribution >= 4 is 39.7 Å². The van der Waals surface area contributed by atoms with Crippen LogP contribution in [0.25, 0.3) is 0 Å². The molecule has 0 aliphatic carbocycles. The minimum atomic E-state index is -4.19. The number of methoxy groups -OCH3 is 2. The fourth-order valence-electron chi connectivity index (χ4n) is 2.46. The minimum absolute atomic E-state index is 0.167. The van der Waals surface area contributed by atoms with Crippen LogP contribution in [0, 0.1) is 27.7 Å². The van der Waals surface area contributed by atoms with E-state index in [-0.39, 0.29) is 4.90 Å². The zero-order valence-corrected chi connectivity index (χ0v) is 20.0. The Morgan fingerprint density at radius 2 is 1.03 bits per heavy atom. The van der Waals surface area contributed by atoms with Crippen LogP contribution in [-0.4, -0.2) is 35.6 Å². The van der Waals surface area contributed by atoms with Crippen LogP contribution in [0.4, 0.5) is 0 Å². The van der Waals surface area contributed by atoms with E-state index in [0.29, 0.717) is 16.9 Å². The summed E-state index contributed by atoms with van der Waals surface area (Å²) < 4.78 is 57.6. The molecule has 0 saturated heterocycles. The number of hydrogen-bond acceptors (Lipinski definition) is 6. The van der Waals surface area contributed by atoms with Gasteiger partial charge >= 0.3 is 9.33 Å². The number of ether oxygens (including phenoxy) is 2. The number of aryl methyl sites for hydroxylation is 4. The van der Waals surface area contributed by atoms with Gasteiger partial charge in [0.1, 0.15) is 11.5 Å². The molecule has 0 heterocycles. The summed E-state index contributed by atoms with van der Waals surface area (Å²) in [5, 5.41) is 0. The predicted octanol–water partition coefficient (Wildman–Crippen LogP) is 4.58. The first kappa shape index (κ1) is 27.5. The molecule has 2 aromatic carbocycles. The summed E-state index contributed by atoms with van der Waals surface area (Å²) in [7, 11) is 4.71. The van der Waals surface area contributed by atoms with Crippen LogP contribution >= 0.6 is 21.4 Å². The quantitative estimate of drug-likeness (QED) is 0.499. The van der Waals surface area contributed by atoms with Crippen molar-refractivity contribution in [3.63, 3.8) is 0 Å². The van der Waals surface area contributed by atoms with Crippen molar-refractivity contribution in [3.05, 3.63) is 52.6 Å². The number of halogens is 2. The Kier molecular flexibility index (Phi) is 11.0. The summed E-state index contributed by atoms with van der Waals surface area (Å²) in [5.74, 6) is 1.57. The zero-order valence-electron chi connectivity index (χ0n) is 16.9. The van der Waals surface area contributed by atoms with Crippen molar-refractivity contribution in [3.8, 4) is 11.5 Å². The minimum Gasteiger partial charge on any atom is -0.497 e. The highest BCUT2D eigenvalue weighted by molar-refractivity contribution is 8.13. The van der Waals surface area contributed by atoms with Crippen LogP contribution in [0.3, 0.4) is 0 Å². The molecule has 0 radical (unpaired) electrons. The van der Waals surface area contributed by atoms with Crippen LogP contribution in [-0.2, 0) is 18.4 Å². The maximum absolute atomic E-state index is 11.2. The monoisotopic (exact) mass is 486 g/mol. The first-order valence-corrected chi connectivity index (χ1v) is 12.5. The van der Waals surface area contributed by atoms with Gasteiger partial charge in [-0.25, -0.2) is 8.42 Å². The first-order valence-electron chi connectivity index (χ1n) is 7.97. The molecule has 0 bridgehead atoms. The molecule has 1 N–H and O–H groups in total. The highest BCUT2D eigenvalue weighted by Crippen LogP contribution is 2.27. The van der Waals surface area contributed by atoms with E-state index < -0.39 is 18.4 Å². The smallest absolute Gasteiger partial charge is 0.353 e. The van der Waals surface area contributed by atoms with Crippen LogP contribution in [0.2, 0.25) is 0 Å². The molecular weight excluding hydrogens is 463 g/mol. The third-order valence-corrected chi connectivity index (χ3v) is 4.94. The van der Waals surface area contributed by atoms with E-state index in [0.717, 1.165) is 5.75 Å². The third-order valence-electron chi connectivity index (χ3n) is 3.34. The summed E-state index contributed by atoms with van der Waals surface area (Å²) in [4.78, 5) is 0.167. The molecule has 2 rings (SSSR count). The largest absolute Gasteiger partial charge is 0.497 e. The molecule has 0 atom stereocenters. The average Bonchev–Trinajstić information content (AvgIpc) is 2.50. The Morgan fingerprint density at radius 1 is 0.724 bits per heavy atom. The second-order valence-corrected chi connectivity index (χ2v) is 10.5. The van der Waals surface area contributed by atoms with Gasteiger partial charge in [-0.1, -0.05) is 6.07 Å². The van der Waals surface area contributed by atoms with E-state index in [1.165, 1.54) is 18.2 Å². The lowest BCUT2D eigenvalue weighted by atomic mass is 10.1. The Bertz CT molecular complexity index is 983. The lowest BCUT2D eigenvalue weighted by Gasteiger charge is -2.08. The highest BCUT2D eigenvalue weighted by atomic mass is 35.7. The average molecular weight is 487 g/mol. The Balaban J connectivity index is 0.000000455. The standard InChI is InChI=1S/C9H11ClO3S.C9H12O.ClHO3S/c1-6-4-8(13-3)5-7(2)9(6)14(10,11)12;1-7-4-8(2)6-9(5-7)10-3;1-5(2,3)4/h4-5H,1-3H3;4-6H,1-3H3;(H,2,3,4). The van der Waals surface area contributed by atoms with Crippen molar-refractivity contribution < 1.29 is 30.9 Å². The Hall–Kier alpha value is -1.52. The van der Waals surface area contributed by atoms with Gasteiger partial charge in [-0.2, -0.15) is 8.42 Å². The summed E-state index contributed by atoms with van der Waals surface area (Å²) in [6, 6.07) is 9.45. The molecular formula is C18H24Cl2O7S2. The predicted molar refractivity (Wildman–Crippen MR) is 115 cm³/mol. The molecule has 0 amide bonds. The van der Waals surface area contributed by atoms with Gasteiger partial charge in [0.15, 0.2) is 0 Å². The summed E-state index contributed by atoms with van der Waals surface area (Å²) >= 11 is 0. The van der Waals surface area contributed by atoms with Crippen molar-refractivity contribution in [1.82, 2.24) is 0 Å². The second-order valence-electron chi connectivity index (χ2n) is 5.97. The van der Waals surface area contributed by atoms with E-state index in [1.54, 1.807) is 33.1 Å². The fraction of sp³-hybridized carbons (Fsp3) is 0.333. The maximum atomic E-state index is 11.2. The van der Waals surface area contributed by atoms with Gasteiger partial charge in [-0.15, -0.1) is 0 Å². The lowest BCUT2D eigenvalue weighted by Crippen LogP contribution is -1.99. The Labute approximate surface area is 181 Å². The molecule has 0 fully saturated rings. The topological polar surface area (TPSA) is 107 Å². The van der Waals surface area contributed by atoms with Crippen LogP contribution in [0.5, 0.6) is 11.5 Å². The van der Waals surface area contributed by atoms with Crippen LogP contribution in [0.1, 0.15) is 22.3 Å². The van der Waals surface area contributed by atoms with E-state index in [2.05, 4.69) is 30.6 Å². The molecule has 11 heteroatoms. The van der Waals surface area contributed by atoms with Crippen LogP contribution < -0.4 is 9.47 Å². The molecule has 0 aromatic heterocycles. The molecule has 29 heavy (non-hydrogen) atoms. The van der Waals surface area contributed by atoms with Crippen molar-refractivity contribution in [2.24, 2.45) is 0 Å². The summed E-state index contributed by atoms with van der Waals surface area (Å²) in [6.07, 6.45) is 0. The number of hydrogen-bond donors (Lipinski definition) is 1. The molecule has 0 spiro atoms. The van der Waals surface area contributed by atoms with Gasteiger partial charge in [0, 0.05) is 21.4 Å². The molecule has 0 aliphatic heterocycles. The summed E-state index contributed by atoms with van der Waals surface area (Å²) in [5.41, 5.74) is 3.68. The molecule has 164 valence electrons.